The molecule has 7 rings (SSSR count). The lowest BCUT2D eigenvalue weighted by Crippen LogP contribution is -2.46. The van der Waals surface area contributed by atoms with Crippen molar-refractivity contribution in [1.82, 2.24) is 0 Å². The number of hydrogen-bond acceptors (Lipinski definition) is 4. The molecule has 0 heterocycles. The molecule has 3 aliphatic rings. The molecule has 0 aromatic heterocycles. The van der Waals surface area contributed by atoms with Crippen molar-refractivity contribution in [3.63, 3.8) is 0 Å². The van der Waals surface area contributed by atoms with Gasteiger partial charge in [0.1, 0.15) is 23.9 Å². The Balaban J connectivity index is 1.61. The second kappa shape index (κ2) is 8.74. The van der Waals surface area contributed by atoms with Crippen LogP contribution in [0.4, 0.5) is 0 Å². The number of rotatable bonds is 4. The summed E-state index contributed by atoms with van der Waals surface area (Å²) in [6.45, 7) is 12.1. The van der Waals surface area contributed by atoms with E-state index >= 15 is 0 Å². The maximum absolute atomic E-state index is 13.1. The third-order valence-corrected chi connectivity index (χ3v) is 8.53. The van der Waals surface area contributed by atoms with Crippen molar-refractivity contribution in [3.8, 4) is 17.2 Å². The average molecular weight is 519 g/mol. The topological polar surface area (TPSA) is 55.8 Å². The van der Waals surface area contributed by atoms with Crippen molar-refractivity contribution in [1.29, 1.82) is 0 Å². The van der Waals surface area contributed by atoms with Gasteiger partial charge in [-0.25, -0.2) is 0 Å². The standard InChI is InChI=1S/C35H34O4/c1-20-17-23(18-21(2)22(20)3)38-19-35-26-13-9-7-11-24(26)30(25-12-8-10-14-27(25)35)31-29(16-15-28(36)32(31)35)39-33(37)34(4,5)6/h7-18,30,36H,19H2,1-6H3. The van der Waals surface area contributed by atoms with Crippen LogP contribution in [-0.4, -0.2) is 17.7 Å². The molecule has 0 saturated carbocycles. The van der Waals surface area contributed by atoms with Gasteiger partial charge in [0.05, 0.1) is 10.8 Å². The van der Waals surface area contributed by atoms with Crippen molar-refractivity contribution in [2.45, 2.75) is 52.9 Å². The number of aryl methyl sites for hydroxylation is 2. The molecule has 0 radical (unpaired) electrons. The Morgan fingerprint density at radius 1 is 0.872 bits per heavy atom. The van der Waals surface area contributed by atoms with Gasteiger partial charge in [-0.15, -0.1) is 0 Å². The molecule has 0 aliphatic heterocycles. The van der Waals surface area contributed by atoms with Crippen molar-refractivity contribution >= 4 is 5.97 Å². The van der Waals surface area contributed by atoms with Gasteiger partial charge < -0.3 is 14.6 Å². The number of phenolic OH excluding ortho intramolecular Hbond substituents is 1. The summed E-state index contributed by atoms with van der Waals surface area (Å²) in [6, 6.07) is 24.3. The number of esters is 1. The van der Waals surface area contributed by atoms with Crippen molar-refractivity contribution in [2.75, 3.05) is 6.61 Å². The summed E-state index contributed by atoms with van der Waals surface area (Å²) in [7, 11) is 0. The van der Waals surface area contributed by atoms with Crippen LogP contribution in [0.2, 0.25) is 0 Å². The first-order chi connectivity index (χ1) is 18.5. The molecule has 4 aromatic rings. The minimum atomic E-state index is -0.793. The molecular formula is C35H34O4. The number of hydrogen-bond donors (Lipinski definition) is 1. The number of carbonyl (C=O) groups excluding carboxylic acids is 1. The summed E-state index contributed by atoms with van der Waals surface area (Å²) in [5, 5.41) is 11.5. The third-order valence-electron chi connectivity index (χ3n) is 8.53. The Bertz CT molecular complexity index is 1570. The zero-order valence-electron chi connectivity index (χ0n) is 23.4. The van der Waals surface area contributed by atoms with Gasteiger partial charge in [-0.1, -0.05) is 48.5 Å². The first-order valence-corrected chi connectivity index (χ1v) is 13.5. The quantitative estimate of drug-likeness (QED) is 0.225. The molecule has 4 heteroatoms. The van der Waals surface area contributed by atoms with Gasteiger partial charge in [-0.3, -0.25) is 4.79 Å². The number of benzene rings is 4. The van der Waals surface area contributed by atoms with Gasteiger partial charge in [-0.2, -0.15) is 0 Å². The highest BCUT2D eigenvalue weighted by molar-refractivity contribution is 5.81. The Kier molecular flexibility index (Phi) is 5.65. The first kappa shape index (κ1) is 25.2. The van der Waals surface area contributed by atoms with Gasteiger partial charge in [0.25, 0.3) is 0 Å². The number of ether oxygens (including phenoxy) is 2. The molecular weight excluding hydrogens is 484 g/mol. The highest BCUT2D eigenvalue weighted by Gasteiger charge is 2.55. The second-order valence-electron chi connectivity index (χ2n) is 12.0. The summed E-state index contributed by atoms with van der Waals surface area (Å²) in [5.74, 6) is 0.976. The lowest BCUT2D eigenvalue weighted by Gasteiger charge is -2.50. The van der Waals surface area contributed by atoms with Crippen molar-refractivity contribution < 1.29 is 19.4 Å². The van der Waals surface area contributed by atoms with Crippen LogP contribution in [0.1, 0.15) is 76.8 Å². The molecule has 4 nitrogen and oxygen atoms in total. The molecule has 198 valence electrons. The molecule has 3 aliphatic carbocycles. The van der Waals surface area contributed by atoms with Crippen LogP contribution in [0.5, 0.6) is 17.2 Å². The third kappa shape index (κ3) is 3.69. The smallest absolute Gasteiger partial charge is 0.316 e. The fourth-order valence-electron chi connectivity index (χ4n) is 6.33. The summed E-state index contributed by atoms with van der Waals surface area (Å²) >= 11 is 0. The zero-order chi connectivity index (χ0) is 27.7. The minimum absolute atomic E-state index is 0.173. The average Bonchev–Trinajstić information content (AvgIpc) is 2.91. The maximum Gasteiger partial charge on any atom is 0.316 e. The number of carbonyl (C=O) groups is 1. The molecule has 39 heavy (non-hydrogen) atoms. The molecule has 0 amide bonds. The molecule has 0 atom stereocenters. The van der Waals surface area contributed by atoms with E-state index in [9.17, 15) is 9.90 Å². The van der Waals surface area contributed by atoms with Gasteiger partial charge in [-0.05, 0) is 105 Å². The first-order valence-electron chi connectivity index (χ1n) is 13.5. The van der Waals surface area contributed by atoms with Crippen molar-refractivity contribution in [3.05, 3.63) is 123 Å². The predicted octanol–water partition coefficient (Wildman–Crippen LogP) is 7.49. The Labute approximate surface area is 230 Å². The maximum atomic E-state index is 13.1. The van der Waals surface area contributed by atoms with E-state index in [-0.39, 0.29) is 24.2 Å². The summed E-state index contributed by atoms with van der Waals surface area (Å²) in [4.78, 5) is 13.1. The summed E-state index contributed by atoms with van der Waals surface area (Å²) in [5.41, 5.74) is 8.23. The largest absolute Gasteiger partial charge is 0.508 e. The van der Waals surface area contributed by atoms with Crippen molar-refractivity contribution in [2.24, 2.45) is 5.41 Å². The van der Waals surface area contributed by atoms with E-state index in [1.807, 2.05) is 45.0 Å². The molecule has 0 spiro atoms. The minimum Gasteiger partial charge on any atom is -0.508 e. The monoisotopic (exact) mass is 518 g/mol. The SMILES string of the molecule is Cc1cc(OCC23c4ccccc4C(c4ccccc42)c2c(OC(=O)C(C)(C)C)ccc(O)c23)cc(C)c1C. The lowest BCUT2D eigenvalue weighted by atomic mass is 9.53. The van der Waals surface area contributed by atoms with E-state index in [2.05, 4.69) is 57.2 Å². The van der Waals surface area contributed by atoms with Crippen LogP contribution in [-0.2, 0) is 10.2 Å². The summed E-state index contributed by atoms with van der Waals surface area (Å²) < 4.78 is 12.7. The fourth-order valence-corrected chi connectivity index (χ4v) is 6.33. The molecule has 0 fully saturated rings. The second-order valence-corrected chi connectivity index (χ2v) is 12.0. The number of aromatic hydroxyl groups is 1. The highest BCUT2D eigenvalue weighted by atomic mass is 16.5. The lowest BCUT2D eigenvalue weighted by molar-refractivity contribution is -0.143. The van der Waals surface area contributed by atoms with Crippen LogP contribution in [0.25, 0.3) is 0 Å². The molecule has 0 saturated heterocycles. The van der Waals surface area contributed by atoms with Gasteiger partial charge in [0, 0.05) is 17.0 Å². The molecule has 4 aromatic carbocycles. The Morgan fingerprint density at radius 3 is 2.00 bits per heavy atom. The normalized spacial score (nSPS) is 18.7. The fraction of sp³-hybridized carbons (Fsp3) is 0.286. The molecule has 1 N–H and O–H groups in total. The van der Waals surface area contributed by atoms with E-state index in [0.29, 0.717) is 5.75 Å². The zero-order valence-corrected chi connectivity index (χ0v) is 23.4. The van der Waals surface area contributed by atoms with Crippen LogP contribution in [0, 0.1) is 26.2 Å². The van der Waals surface area contributed by atoms with E-state index in [1.54, 1.807) is 12.1 Å². The van der Waals surface area contributed by atoms with E-state index < -0.39 is 10.8 Å². The Hall–Kier alpha value is -4.05. The van der Waals surface area contributed by atoms with Crippen LogP contribution in [0.3, 0.4) is 0 Å². The van der Waals surface area contributed by atoms with E-state index in [4.69, 9.17) is 9.47 Å². The molecule has 2 bridgehead atoms. The van der Waals surface area contributed by atoms with Crippen LogP contribution >= 0.6 is 0 Å². The van der Waals surface area contributed by atoms with Gasteiger partial charge in [0.2, 0.25) is 0 Å². The molecule has 0 unspecified atom stereocenters. The predicted molar refractivity (Wildman–Crippen MR) is 153 cm³/mol. The Morgan fingerprint density at radius 2 is 1.44 bits per heavy atom. The van der Waals surface area contributed by atoms with Gasteiger partial charge >= 0.3 is 5.97 Å². The number of phenols is 1. The van der Waals surface area contributed by atoms with Crippen LogP contribution in [0.15, 0.2) is 72.8 Å². The van der Waals surface area contributed by atoms with E-state index in [1.165, 1.54) is 16.7 Å². The van der Waals surface area contributed by atoms with Gasteiger partial charge in [0.15, 0.2) is 0 Å². The van der Waals surface area contributed by atoms with E-state index in [0.717, 1.165) is 39.1 Å². The van der Waals surface area contributed by atoms with Crippen LogP contribution < -0.4 is 9.47 Å². The highest BCUT2D eigenvalue weighted by Crippen LogP contribution is 2.63. The summed E-state index contributed by atoms with van der Waals surface area (Å²) in [6.07, 6.45) is 0.